The van der Waals surface area contributed by atoms with Gasteiger partial charge in [0, 0.05) is 24.4 Å². The molecular weight excluding hydrogens is 354 g/mol. The van der Waals surface area contributed by atoms with Crippen molar-refractivity contribution in [1.82, 2.24) is 9.55 Å². The molecule has 1 aromatic heterocycles. The van der Waals surface area contributed by atoms with E-state index in [0.717, 1.165) is 36.1 Å². The zero-order valence-electron chi connectivity index (χ0n) is 9.09. The molecule has 1 aromatic carbocycles. The maximum absolute atomic E-state index is 13.6. The summed E-state index contributed by atoms with van der Waals surface area (Å²) in [5.41, 5.74) is 1.79. The maximum Gasteiger partial charge on any atom is 0.138 e. The van der Waals surface area contributed by atoms with Crippen LogP contribution in [0.25, 0.3) is 11.0 Å². The predicted molar refractivity (Wildman–Crippen MR) is 75.1 cm³/mol. The van der Waals surface area contributed by atoms with E-state index in [-0.39, 0.29) is 5.82 Å². The number of aryl methyl sites for hydroxylation is 1. The minimum absolute atomic E-state index is 0.169. The van der Waals surface area contributed by atoms with E-state index in [1.54, 1.807) is 6.07 Å². The van der Waals surface area contributed by atoms with Crippen molar-refractivity contribution in [3.63, 3.8) is 0 Å². The number of fused-ring (bicyclic) bond motifs is 1. The van der Waals surface area contributed by atoms with Gasteiger partial charge >= 0.3 is 0 Å². The zero-order chi connectivity index (χ0) is 12.0. The first-order valence-corrected chi connectivity index (χ1v) is 7.24. The van der Waals surface area contributed by atoms with Crippen LogP contribution in [0.1, 0.15) is 24.7 Å². The van der Waals surface area contributed by atoms with E-state index >= 15 is 0 Å². The first kappa shape index (κ1) is 11.7. The molecule has 0 unspecified atom stereocenters. The van der Waals surface area contributed by atoms with Crippen LogP contribution in [0.5, 0.6) is 0 Å². The first-order valence-electron chi connectivity index (χ1n) is 5.62. The van der Waals surface area contributed by atoms with Gasteiger partial charge in [-0.15, -0.1) is 11.6 Å². The Morgan fingerprint density at radius 1 is 1.47 bits per heavy atom. The highest BCUT2D eigenvalue weighted by Crippen LogP contribution is 2.39. The van der Waals surface area contributed by atoms with Crippen LogP contribution in [-0.4, -0.2) is 15.4 Å². The molecule has 2 nitrogen and oxygen atoms in total. The highest BCUT2D eigenvalue weighted by Gasteiger charge is 2.28. The Labute approximate surface area is 117 Å². The van der Waals surface area contributed by atoms with E-state index in [9.17, 15) is 4.39 Å². The van der Waals surface area contributed by atoms with Crippen molar-refractivity contribution in [3.8, 4) is 0 Å². The van der Waals surface area contributed by atoms with Crippen LogP contribution in [0, 0.1) is 9.39 Å². The van der Waals surface area contributed by atoms with E-state index in [4.69, 9.17) is 11.6 Å². The average Bonchev–Trinajstić information content (AvgIpc) is 3.05. The van der Waals surface area contributed by atoms with Crippen molar-refractivity contribution in [2.45, 2.75) is 25.3 Å². The lowest BCUT2D eigenvalue weighted by Gasteiger charge is -2.06. The fourth-order valence-electron chi connectivity index (χ4n) is 2.14. The predicted octanol–water partition coefficient (Wildman–Crippen LogP) is 3.90. The molecule has 0 N–H and O–H groups in total. The van der Waals surface area contributed by atoms with E-state index in [1.165, 1.54) is 0 Å². The summed E-state index contributed by atoms with van der Waals surface area (Å²) in [5, 5.41) is 0. The highest BCUT2D eigenvalue weighted by molar-refractivity contribution is 14.1. The van der Waals surface area contributed by atoms with Crippen LogP contribution >= 0.6 is 34.2 Å². The minimum atomic E-state index is -0.169. The number of hydrogen-bond acceptors (Lipinski definition) is 1. The van der Waals surface area contributed by atoms with Gasteiger partial charge in [0.15, 0.2) is 0 Å². The molecule has 1 heterocycles. The standard InChI is InChI=1S/C12H11ClFIN2/c13-4-3-12-16-10-6-9(15)8(14)5-11(10)17(12)7-1-2-7/h5-7H,1-4H2. The van der Waals surface area contributed by atoms with Crippen molar-refractivity contribution in [2.75, 3.05) is 5.88 Å². The summed E-state index contributed by atoms with van der Waals surface area (Å²) in [6, 6.07) is 3.90. The Balaban J connectivity index is 2.23. The summed E-state index contributed by atoms with van der Waals surface area (Å²) in [6.07, 6.45) is 3.06. The largest absolute Gasteiger partial charge is 0.325 e. The molecule has 90 valence electrons. The number of benzene rings is 1. The molecule has 1 aliphatic carbocycles. The van der Waals surface area contributed by atoms with Crippen LogP contribution < -0.4 is 0 Å². The molecular formula is C12H11ClFIN2. The molecule has 5 heteroatoms. The van der Waals surface area contributed by atoms with E-state index in [0.29, 0.717) is 15.5 Å². The van der Waals surface area contributed by atoms with Gasteiger partial charge in [-0.25, -0.2) is 9.37 Å². The van der Waals surface area contributed by atoms with Crippen LogP contribution in [0.4, 0.5) is 4.39 Å². The van der Waals surface area contributed by atoms with Gasteiger partial charge in [0.05, 0.1) is 14.6 Å². The van der Waals surface area contributed by atoms with Crippen molar-refractivity contribution in [1.29, 1.82) is 0 Å². The number of alkyl halides is 1. The van der Waals surface area contributed by atoms with Crippen molar-refractivity contribution < 1.29 is 4.39 Å². The quantitative estimate of drug-likeness (QED) is 0.597. The summed E-state index contributed by atoms with van der Waals surface area (Å²) < 4.78 is 16.4. The van der Waals surface area contributed by atoms with Gasteiger partial charge in [0.25, 0.3) is 0 Å². The molecule has 2 aromatic rings. The Kier molecular flexibility index (Phi) is 3.02. The molecule has 1 fully saturated rings. The average molecular weight is 365 g/mol. The molecule has 0 amide bonds. The highest BCUT2D eigenvalue weighted by atomic mass is 127. The molecule has 3 rings (SSSR count). The smallest absolute Gasteiger partial charge is 0.138 e. The normalized spacial score (nSPS) is 15.7. The van der Waals surface area contributed by atoms with E-state index in [2.05, 4.69) is 9.55 Å². The fraction of sp³-hybridized carbons (Fsp3) is 0.417. The van der Waals surface area contributed by atoms with Gasteiger partial charge in [-0.2, -0.15) is 0 Å². The van der Waals surface area contributed by atoms with Crippen LogP contribution in [0.3, 0.4) is 0 Å². The molecule has 0 radical (unpaired) electrons. The molecule has 17 heavy (non-hydrogen) atoms. The van der Waals surface area contributed by atoms with Gasteiger partial charge in [-0.05, 0) is 41.5 Å². The molecule has 0 atom stereocenters. The molecule has 0 bridgehead atoms. The second kappa shape index (κ2) is 4.39. The third-order valence-corrected chi connectivity index (χ3v) is 4.05. The first-order chi connectivity index (χ1) is 8.20. The molecule has 0 saturated heterocycles. The van der Waals surface area contributed by atoms with Crippen molar-refractivity contribution in [3.05, 3.63) is 27.3 Å². The fourth-order valence-corrected chi connectivity index (χ4v) is 2.76. The van der Waals surface area contributed by atoms with Gasteiger partial charge in [0.2, 0.25) is 0 Å². The van der Waals surface area contributed by atoms with Crippen LogP contribution in [-0.2, 0) is 6.42 Å². The van der Waals surface area contributed by atoms with Crippen LogP contribution in [0.15, 0.2) is 12.1 Å². The van der Waals surface area contributed by atoms with Crippen molar-refractivity contribution >= 4 is 45.2 Å². The van der Waals surface area contributed by atoms with Gasteiger partial charge in [-0.1, -0.05) is 0 Å². The molecule has 0 spiro atoms. The van der Waals surface area contributed by atoms with E-state index in [1.807, 2.05) is 28.7 Å². The van der Waals surface area contributed by atoms with Crippen molar-refractivity contribution in [2.24, 2.45) is 0 Å². The topological polar surface area (TPSA) is 17.8 Å². The Morgan fingerprint density at radius 3 is 2.88 bits per heavy atom. The molecule has 0 aliphatic heterocycles. The van der Waals surface area contributed by atoms with Gasteiger partial charge < -0.3 is 4.57 Å². The number of nitrogens with zero attached hydrogens (tertiary/aromatic N) is 2. The lowest BCUT2D eigenvalue weighted by atomic mass is 10.3. The summed E-state index contributed by atoms with van der Waals surface area (Å²) in [4.78, 5) is 4.57. The number of halogens is 3. The lowest BCUT2D eigenvalue weighted by molar-refractivity contribution is 0.620. The summed E-state index contributed by atoms with van der Waals surface area (Å²) in [5.74, 6) is 1.37. The number of imidazole rings is 1. The third-order valence-electron chi connectivity index (χ3n) is 3.03. The number of hydrogen-bond donors (Lipinski definition) is 0. The Hall–Kier alpha value is -0.360. The number of aromatic nitrogens is 2. The Morgan fingerprint density at radius 2 is 2.24 bits per heavy atom. The van der Waals surface area contributed by atoms with Gasteiger partial charge in [0.1, 0.15) is 11.6 Å². The maximum atomic E-state index is 13.6. The van der Waals surface area contributed by atoms with E-state index < -0.39 is 0 Å². The van der Waals surface area contributed by atoms with Crippen LogP contribution in [0.2, 0.25) is 0 Å². The summed E-state index contributed by atoms with van der Waals surface area (Å²) >= 11 is 7.79. The second-order valence-electron chi connectivity index (χ2n) is 4.32. The lowest BCUT2D eigenvalue weighted by Crippen LogP contribution is -2.02. The molecule has 1 aliphatic rings. The second-order valence-corrected chi connectivity index (χ2v) is 5.86. The van der Waals surface area contributed by atoms with Gasteiger partial charge in [-0.3, -0.25) is 0 Å². The summed E-state index contributed by atoms with van der Waals surface area (Å²) in [6.45, 7) is 0. The zero-order valence-corrected chi connectivity index (χ0v) is 12.0. The summed E-state index contributed by atoms with van der Waals surface area (Å²) in [7, 11) is 0. The number of rotatable bonds is 3. The third kappa shape index (κ3) is 2.05. The SMILES string of the molecule is Fc1cc2c(cc1I)nc(CCCl)n2C1CC1. The molecule has 1 saturated carbocycles. The Bertz CT molecular complexity index is 577. The minimum Gasteiger partial charge on any atom is -0.325 e. The monoisotopic (exact) mass is 364 g/mol.